The molecule has 0 saturated carbocycles. The highest BCUT2D eigenvalue weighted by Crippen LogP contribution is 2.30. The Labute approximate surface area is 167 Å². The lowest BCUT2D eigenvalue weighted by Gasteiger charge is -2.29. The first-order chi connectivity index (χ1) is 14.1. The quantitative estimate of drug-likeness (QED) is 0.646. The smallest absolute Gasteiger partial charge is 0.255 e. The third kappa shape index (κ3) is 3.17. The van der Waals surface area contributed by atoms with Gasteiger partial charge < -0.3 is 15.5 Å². The second-order valence-corrected chi connectivity index (χ2v) is 7.63. The molecule has 3 amide bonds. The van der Waals surface area contributed by atoms with Gasteiger partial charge in [0.1, 0.15) is 11.9 Å². The van der Waals surface area contributed by atoms with Crippen LogP contribution < -0.4 is 16.0 Å². The number of aromatic nitrogens is 2. The number of nitrogens with zero attached hydrogens (tertiary/aromatic N) is 3. The Bertz CT molecular complexity index is 990. The highest BCUT2D eigenvalue weighted by atomic mass is 16.2. The number of carbonyl (C=O) groups is 3. The van der Waals surface area contributed by atoms with Crippen LogP contribution in [0.25, 0.3) is 0 Å². The van der Waals surface area contributed by atoms with E-state index in [1.807, 2.05) is 28.9 Å². The molecular weight excluding hydrogens is 372 g/mol. The van der Waals surface area contributed by atoms with Crippen molar-refractivity contribution in [2.24, 2.45) is 0 Å². The Morgan fingerprint density at radius 2 is 2.14 bits per heavy atom. The molecule has 9 nitrogen and oxygen atoms in total. The summed E-state index contributed by atoms with van der Waals surface area (Å²) in [6, 6.07) is 7.20. The molecule has 150 valence electrons. The number of hydrogen-bond donors (Lipinski definition) is 3. The number of piperidine rings is 1. The summed E-state index contributed by atoms with van der Waals surface area (Å²) in [5.74, 6) is -0.0356. The number of amides is 3. The topological polar surface area (TPSA) is 108 Å². The molecule has 1 aromatic carbocycles. The van der Waals surface area contributed by atoms with Crippen LogP contribution in [-0.4, -0.2) is 45.0 Å². The van der Waals surface area contributed by atoms with Crippen molar-refractivity contribution in [3.8, 4) is 0 Å². The first-order valence-electron chi connectivity index (χ1n) is 9.87. The van der Waals surface area contributed by atoms with Crippen LogP contribution in [0, 0.1) is 0 Å². The summed E-state index contributed by atoms with van der Waals surface area (Å²) < 4.78 is 1.99. The molecule has 1 fully saturated rings. The minimum atomic E-state index is -0.597. The normalized spacial score (nSPS) is 21.0. The van der Waals surface area contributed by atoms with E-state index in [1.54, 1.807) is 4.90 Å². The van der Waals surface area contributed by atoms with Gasteiger partial charge in [0, 0.05) is 44.2 Å². The van der Waals surface area contributed by atoms with Crippen molar-refractivity contribution in [3.63, 3.8) is 0 Å². The molecule has 0 aliphatic carbocycles. The lowest BCUT2D eigenvalue weighted by atomic mass is 10.0. The Balaban J connectivity index is 1.34. The van der Waals surface area contributed by atoms with Crippen LogP contribution >= 0.6 is 0 Å². The summed E-state index contributed by atoms with van der Waals surface area (Å²) in [4.78, 5) is 38.4. The van der Waals surface area contributed by atoms with Crippen molar-refractivity contribution in [1.82, 2.24) is 25.3 Å². The van der Waals surface area contributed by atoms with E-state index >= 15 is 0 Å². The summed E-state index contributed by atoms with van der Waals surface area (Å²) in [5.41, 5.74) is 3.58. The highest BCUT2D eigenvalue weighted by molar-refractivity contribution is 6.06. The van der Waals surface area contributed by atoms with E-state index in [4.69, 9.17) is 0 Å². The van der Waals surface area contributed by atoms with Crippen LogP contribution in [-0.2, 0) is 35.8 Å². The number of imide groups is 1. The maximum atomic E-state index is 13.1. The molecule has 3 aliphatic heterocycles. The van der Waals surface area contributed by atoms with Gasteiger partial charge in [0.2, 0.25) is 11.8 Å². The van der Waals surface area contributed by atoms with E-state index in [1.165, 1.54) is 0 Å². The number of rotatable bonds is 4. The second kappa shape index (κ2) is 7.00. The number of carbonyl (C=O) groups excluding carboxylic acids is 3. The van der Waals surface area contributed by atoms with Gasteiger partial charge in [0.25, 0.3) is 5.91 Å². The van der Waals surface area contributed by atoms with Crippen LogP contribution in [0.4, 0.5) is 5.82 Å². The average Bonchev–Trinajstić information content (AvgIpc) is 3.28. The Morgan fingerprint density at radius 3 is 2.97 bits per heavy atom. The highest BCUT2D eigenvalue weighted by Gasteiger charge is 2.39. The largest absolute Gasteiger partial charge is 0.364 e. The predicted molar refractivity (Wildman–Crippen MR) is 104 cm³/mol. The zero-order valence-corrected chi connectivity index (χ0v) is 15.9. The zero-order chi connectivity index (χ0) is 20.0. The standard InChI is InChI=1S/C20H22N6O3/c27-17-5-4-15(19(28)23-17)25-11-13-3-1-2-12(18(13)20(25)29)9-22-16-8-14-10-21-6-7-26(14)24-16/h1-3,8,15,21H,4-7,9-11H2,(H,22,24)(H,23,27,28). The molecule has 0 spiro atoms. The number of hydrogen-bond acceptors (Lipinski definition) is 6. The van der Waals surface area contributed by atoms with Gasteiger partial charge in [-0.3, -0.25) is 24.4 Å². The summed E-state index contributed by atoms with van der Waals surface area (Å²) in [6.45, 7) is 3.41. The molecule has 4 heterocycles. The lowest BCUT2D eigenvalue weighted by molar-refractivity contribution is -0.136. The summed E-state index contributed by atoms with van der Waals surface area (Å²) in [5, 5.41) is 13.5. The minimum absolute atomic E-state index is 0.153. The summed E-state index contributed by atoms with van der Waals surface area (Å²) in [7, 11) is 0. The van der Waals surface area contributed by atoms with E-state index < -0.39 is 6.04 Å². The summed E-state index contributed by atoms with van der Waals surface area (Å²) in [6.07, 6.45) is 0.622. The molecule has 0 radical (unpaired) electrons. The van der Waals surface area contributed by atoms with Gasteiger partial charge in [0.05, 0.1) is 12.2 Å². The van der Waals surface area contributed by atoms with Crippen molar-refractivity contribution >= 4 is 23.5 Å². The van der Waals surface area contributed by atoms with E-state index in [2.05, 4.69) is 21.0 Å². The zero-order valence-electron chi connectivity index (χ0n) is 15.9. The van der Waals surface area contributed by atoms with E-state index in [9.17, 15) is 14.4 Å². The number of fused-ring (bicyclic) bond motifs is 2. The van der Waals surface area contributed by atoms with Crippen LogP contribution in [0.5, 0.6) is 0 Å². The fourth-order valence-corrected chi connectivity index (χ4v) is 4.30. The van der Waals surface area contributed by atoms with Crippen LogP contribution in [0.3, 0.4) is 0 Å². The number of anilines is 1. The van der Waals surface area contributed by atoms with Crippen molar-refractivity contribution < 1.29 is 14.4 Å². The van der Waals surface area contributed by atoms with Gasteiger partial charge in [0.15, 0.2) is 0 Å². The maximum Gasteiger partial charge on any atom is 0.255 e. The third-order valence-electron chi connectivity index (χ3n) is 5.77. The molecule has 1 unspecified atom stereocenters. The van der Waals surface area contributed by atoms with Gasteiger partial charge in [-0.2, -0.15) is 5.10 Å². The molecule has 2 aromatic rings. The number of benzene rings is 1. The molecule has 1 aromatic heterocycles. The van der Waals surface area contributed by atoms with Crippen LogP contribution in [0.2, 0.25) is 0 Å². The van der Waals surface area contributed by atoms with Crippen LogP contribution in [0.15, 0.2) is 24.3 Å². The molecule has 0 bridgehead atoms. The van der Waals surface area contributed by atoms with E-state index in [-0.39, 0.29) is 24.1 Å². The van der Waals surface area contributed by atoms with Gasteiger partial charge >= 0.3 is 0 Å². The summed E-state index contributed by atoms with van der Waals surface area (Å²) >= 11 is 0. The van der Waals surface area contributed by atoms with Crippen molar-refractivity contribution in [3.05, 3.63) is 46.6 Å². The first kappa shape index (κ1) is 17.9. The lowest BCUT2D eigenvalue weighted by Crippen LogP contribution is -2.52. The third-order valence-corrected chi connectivity index (χ3v) is 5.77. The molecular formula is C20H22N6O3. The minimum Gasteiger partial charge on any atom is -0.364 e. The Hall–Kier alpha value is -3.20. The Kier molecular flexibility index (Phi) is 4.31. The molecule has 29 heavy (non-hydrogen) atoms. The predicted octanol–water partition coefficient (Wildman–Crippen LogP) is 0.359. The maximum absolute atomic E-state index is 13.1. The van der Waals surface area contributed by atoms with Gasteiger partial charge in [-0.1, -0.05) is 18.2 Å². The second-order valence-electron chi connectivity index (χ2n) is 7.63. The fourth-order valence-electron chi connectivity index (χ4n) is 4.30. The molecule has 3 N–H and O–H groups in total. The molecule has 3 aliphatic rings. The van der Waals surface area contributed by atoms with Gasteiger partial charge in [-0.25, -0.2) is 0 Å². The van der Waals surface area contributed by atoms with E-state index in [0.29, 0.717) is 25.1 Å². The van der Waals surface area contributed by atoms with Crippen molar-refractivity contribution in [1.29, 1.82) is 0 Å². The molecule has 1 atom stereocenters. The molecule has 5 rings (SSSR count). The Morgan fingerprint density at radius 1 is 1.24 bits per heavy atom. The number of nitrogens with one attached hydrogen (secondary N) is 3. The van der Waals surface area contributed by atoms with Gasteiger partial charge in [-0.05, 0) is 17.5 Å². The fraction of sp³-hybridized carbons (Fsp3) is 0.400. The van der Waals surface area contributed by atoms with Crippen molar-refractivity contribution in [2.75, 3.05) is 11.9 Å². The SMILES string of the molecule is O=C1CCC(N2Cc3cccc(CNc4cc5n(n4)CCNC5)c3C2=O)C(=O)N1. The van der Waals surface area contributed by atoms with E-state index in [0.717, 1.165) is 42.3 Å². The van der Waals surface area contributed by atoms with Crippen LogP contribution in [0.1, 0.15) is 40.0 Å². The first-order valence-corrected chi connectivity index (χ1v) is 9.87. The van der Waals surface area contributed by atoms with Crippen molar-refractivity contribution in [2.45, 2.75) is 45.1 Å². The monoisotopic (exact) mass is 394 g/mol. The molecule has 1 saturated heterocycles. The van der Waals surface area contributed by atoms with Gasteiger partial charge in [-0.15, -0.1) is 0 Å². The molecule has 9 heteroatoms. The average molecular weight is 394 g/mol.